The van der Waals surface area contributed by atoms with Gasteiger partial charge in [-0.1, -0.05) is 23.5 Å². The molecule has 0 radical (unpaired) electrons. The summed E-state index contributed by atoms with van der Waals surface area (Å²) in [5.74, 6) is 0.627. The Morgan fingerprint density at radius 2 is 2.07 bits per heavy atom. The van der Waals surface area contributed by atoms with Crippen LogP contribution in [0.15, 0.2) is 41.1 Å². The van der Waals surface area contributed by atoms with Crippen LogP contribution < -0.4 is 15.4 Å². The first-order chi connectivity index (χ1) is 14.1. The number of aromatic nitrogens is 1. The number of rotatable bonds is 5. The molecule has 3 amide bonds. The Morgan fingerprint density at radius 1 is 1.24 bits per heavy atom. The molecular weight excluding hydrogens is 408 g/mol. The topological polar surface area (TPSA) is 83.6 Å². The number of methoxy groups -OCH3 is 1. The van der Waals surface area contributed by atoms with Gasteiger partial charge in [0, 0.05) is 29.8 Å². The van der Waals surface area contributed by atoms with Gasteiger partial charge in [0.05, 0.1) is 24.9 Å². The zero-order chi connectivity index (χ0) is 20.2. The van der Waals surface area contributed by atoms with Crippen LogP contribution in [0.4, 0.5) is 9.93 Å². The van der Waals surface area contributed by atoms with Crippen molar-refractivity contribution in [2.75, 3.05) is 19.0 Å². The SMILES string of the molecule is COc1ccc(CNC(=O)N2CCc3nc(NC(=O)c4ccsc4)sc3C2)cc1. The molecule has 0 aliphatic carbocycles. The summed E-state index contributed by atoms with van der Waals surface area (Å²) in [4.78, 5) is 32.1. The Morgan fingerprint density at radius 3 is 2.79 bits per heavy atom. The smallest absolute Gasteiger partial charge is 0.318 e. The van der Waals surface area contributed by atoms with E-state index < -0.39 is 0 Å². The van der Waals surface area contributed by atoms with Crippen molar-refractivity contribution in [3.8, 4) is 5.75 Å². The minimum atomic E-state index is -0.161. The highest BCUT2D eigenvalue weighted by atomic mass is 32.1. The van der Waals surface area contributed by atoms with E-state index in [2.05, 4.69) is 15.6 Å². The average molecular weight is 429 g/mol. The van der Waals surface area contributed by atoms with E-state index in [0.29, 0.717) is 36.8 Å². The molecule has 0 saturated carbocycles. The molecule has 0 atom stereocenters. The van der Waals surface area contributed by atoms with Crippen LogP contribution in [-0.2, 0) is 19.5 Å². The van der Waals surface area contributed by atoms with Gasteiger partial charge in [-0.2, -0.15) is 11.3 Å². The summed E-state index contributed by atoms with van der Waals surface area (Å²) in [7, 11) is 1.62. The zero-order valence-electron chi connectivity index (χ0n) is 15.8. The van der Waals surface area contributed by atoms with E-state index >= 15 is 0 Å². The number of hydrogen-bond acceptors (Lipinski definition) is 6. The number of urea groups is 1. The minimum absolute atomic E-state index is 0.108. The van der Waals surface area contributed by atoms with Gasteiger partial charge in [-0.3, -0.25) is 10.1 Å². The molecule has 0 unspecified atom stereocenters. The molecule has 0 saturated heterocycles. The summed E-state index contributed by atoms with van der Waals surface area (Å²) in [5.41, 5.74) is 2.59. The lowest BCUT2D eigenvalue weighted by atomic mass is 10.2. The number of nitrogens with one attached hydrogen (secondary N) is 2. The van der Waals surface area contributed by atoms with Crippen LogP contribution >= 0.6 is 22.7 Å². The van der Waals surface area contributed by atoms with Gasteiger partial charge in [-0.05, 0) is 29.1 Å². The molecule has 2 N–H and O–H groups in total. The largest absolute Gasteiger partial charge is 0.497 e. The number of fused-ring (bicyclic) bond motifs is 1. The van der Waals surface area contributed by atoms with Crippen LogP contribution in [0.5, 0.6) is 5.75 Å². The molecule has 0 fully saturated rings. The Balaban J connectivity index is 1.33. The highest BCUT2D eigenvalue weighted by molar-refractivity contribution is 7.16. The number of carbonyl (C=O) groups is 2. The van der Waals surface area contributed by atoms with Crippen molar-refractivity contribution in [1.82, 2.24) is 15.2 Å². The number of carbonyl (C=O) groups excluding carboxylic acids is 2. The van der Waals surface area contributed by atoms with Gasteiger partial charge in [0.15, 0.2) is 5.13 Å². The highest BCUT2D eigenvalue weighted by Gasteiger charge is 2.24. The molecule has 3 aromatic rings. The summed E-state index contributed by atoms with van der Waals surface area (Å²) in [6, 6.07) is 9.28. The number of anilines is 1. The Labute approximate surface area is 176 Å². The lowest BCUT2D eigenvalue weighted by Crippen LogP contribution is -2.42. The Kier molecular flexibility index (Phi) is 5.77. The van der Waals surface area contributed by atoms with E-state index in [1.807, 2.05) is 29.6 Å². The van der Waals surface area contributed by atoms with Crippen LogP contribution in [0.2, 0.25) is 0 Å². The fraction of sp³-hybridized carbons (Fsp3) is 0.250. The number of thiophene rings is 1. The molecule has 29 heavy (non-hydrogen) atoms. The predicted octanol–water partition coefficient (Wildman–Crippen LogP) is 3.73. The lowest BCUT2D eigenvalue weighted by Gasteiger charge is -2.26. The van der Waals surface area contributed by atoms with Crippen LogP contribution in [0.1, 0.15) is 26.5 Å². The summed E-state index contributed by atoms with van der Waals surface area (Å²) < 4.78 is 5.14. The van der Waals surface area contributed by atoms with Crippen molar-refractivity contribution >= 4 is 39.7 Å². The molecule has 9 heteroatoms. The van der Waals surface area contributed by atoms with Crippen LogP contribution in [0, 0.1) is 0 Å². The number of ether oxygens (including phenoxy) is 1. The third-order valence-corrected chi connectivity index (χ3v) is 6.31. The van der Waals surface area contributed by atoms with Gasteiger partial charge in [0.2, 0.25) is 0 Å². The van der Waals surface area contributed by atoms with Crippen LogP contribution in [-0.4, -0.2) is 35.5 Å². The standard InChI is InChI=1S/C20H20N4O3S2/c1-27-15-4-2-13(3-5-15)10-21-20(26)24-8-6-16-17(11-24)29-19(22-16)23-18(25)14-7-9-28-12-14/h2-5,7,9,12H,6,8,10-11H2,1H3,(H,21,26)(H,22,23,25). The van der Waals surface area contributed by atoms with E-state index in [4.69, 9.17) is 4.74 Å². The van der Waals surface area contributed by atoms with Crippen molar-refractivity contribution in [2.24, 2.45) is 0 Å². The number of thiazole rings is 1. The van der Waals surface area contributed by atoms with Gasteiger partial charge < -0.3 is 15.0 Å². The molecular formula is C20H20N4O3S2. The van der Waals surface area contributed by atoms with E-state index in [0.717, 1.165) is 21.9 Å². The molecule has 1 aliphatic heterocycles. The normalized spacial score (nSPS) is 12.9. The van der Waals surface area contributed by atoms with E-state index in [1.165, 1.54) is 22.7 Å². The van der Waals surface area contributed by atoms with Gasteiger partial charge in [-0.25, -0.2) is 9.78 Å². The molecule has 7 nitrogen and oxygen atoms in total. The number of benzene rings is 1. The number of nitrogens with zero attached hydrogens (tertiary/aromatic N) is 2. The predicted molar refractivity (Wildman–Crippen MR) is 114 cm³/mol. The molecule has 4 rings (SSSR count). The Bertz CT molecular complexity index is 999. The molecule has 0 spiro atoms. The second kappa shape index (κ2) is 8.62. The van der Waals surface area contributed by atoms with E-state index in [1.54, 1.807) is 23.5 Å². The first-order valence-electron chi connectivity index (χ1n) is 9.10. The van der Waals surface area contributed by atoms with Gasteiger partial charge in [0.25, 0.3) is 5.91 Å². The lowest BCUT2D eigenvalue weighted by molar-refractivity contribution is 0.102. The maximum Gasteiger partial charge on any atom is 0.318 e. The summed E-state index contributed by atoms with van der Waals surface area (Å²) in [6.45, 7) is 1.55. The monoisotopic (exact) mass is 428 g/mol. The van der Waals surface area contributed by atoms with Crippen molar-refractivity contribution in [1.29, 1.82) is 0 Å². The third-order valence-electron chi connectivity index (χ3n) is 4.63. The fourth-order valence-electron chi connectivity index (χ4n) is 3.02. The van der Waals surface area contributed by atoms with E-state index in [-0.39, 0.29) is 11.9 Å². The average Bonchev–Trinajstić information content (AvgIpc) is 3.41. The molecule has 150 valence electrons. The first kappa shape index (κ1) is 19.4. The number of amides is 3. The van der Waals surface area contributed by atoms with Gasteiger partial charge in [0.1, 0.15) is 5.75 Å². The van der Waals surface area contributed by atoms with E-state index in [9.17, 15) is 9.59 Å². The maximum atomic E-state index is 12.6. The molecule has 2 aromatic heterocycles. The van der Waals surface area contributed by atoms with Crippen LogP contribution in [0.3, 0.4) is 0 Å². The molecule has 1 aliphatic rings. The zero-order valence-corrected chi connectivity index (χ0v) is 17.4. The first-order valence-corrected chi connectivity index (χ1v) is 10.9. The van der Waals surface area contributed by atoms with Crippen molar-refractivity contribution in [3.63, 3.8) is 0 Å². The van der Waals surface area contributed by atoms with Gasteiger partial charge in [-0.15, -0.1) is 0 Å². The van der Waals surface area contributed by atoms with Crippen molar-refractivity contribution < 1.29 is 14.3 Å². The summed E-state index contributed by atoms with van der Waals surface area (Å²) in [5, 5.41) is 10.0. The van der Waals surface area contributed by atoms with Crippen molar-refractivity contribution in [2.45, 2.75) is 19.5 Å². The molecule has 1 aromatic carbocycles. The summed E-state index contributed by atoms with van der Waals surface area (Å²) >= 11 is 2.90. The third kappa shape index (κ3) is 4.57. The van der Waals surface area contributed by atoms with Crippen LogP contribution in [0.25, 0.3) is 0 Å². The second-order valence-electron chi connectivity index (χ2n) is 6.53. The minimum Gasteiger partial charge on any atom is -0.497 e. The fourth-order valence-corrected chi connectivity index (χ4v) is 4.67. The molecule has 3 heterocycles. The quantitative estimate of drug-likeness (QED) is 0.649. The second-order valence-corrected chi connectivity index (χ2v) is 8.40. The van der Waals surface area contributed by atoms with Crippen molar-refractivity contribution in [3.05, 3.63) is 62.8 Å². The van der Waals surface area contributed by atoms with Gasteiger partial charge >= 0.3 is 6.03 Å². The number of hydrogen-bond donors (Lipinski definition) is 2. The molecule has 0 bridgehead atoms. The highest BCUT2D eigenvalue weighted by Crippen LogP contribution is 2.28. The Hall–Kier alpha value is -2.91. The summed E-state index contributed by atoms with van der Waals surface area (Å²) in [6.07, 6.45) is 0.677. The maximum absolute atomic E-state index is 12.6.